The van der Waals surface area contributed by atoms with Crippen LogP contribution in [0.4, 0.5) is 0 Å². The van der Waals surface area contributed by atoms with Gasteiger partial charge in [0, 0.05) is 51.0 Å². The third-order valence-electron chi connectivity index (χ3n) is 6.41. The van der Waals surface area contributed by atoms with Gasteiger partial charge in [0.15, 0.2) is 11.5 Å². The Kier molecular flexibility index (Phi) is 6.56. The van der Waals surface area contributed by atoms with Crippen LogP contribution in [0.15, 0.2) is 91.1 Å². The standard InChI is InChI=1S/C29H29N3O2/c33-28-10-9-26(19-29(28)34)27-18-23(11-12-30-27)21-32-15-13-31(14-16-32)20-22-5-4-8-25(17-22)24-6-2-1-3-7-24/h1-12,17-19,33-34H,13-16,20-21H2. The smallest absolute Gasteiger partial charge is 0.158 e. The Bertz CT molecular complexity index is 1250. The number of hydrogen-bond acceptors (Lipinski definition) is 5. The van der Waals surface area contributed by atoms with Gasteiger partial charge in [-0.3, -0.25) is 14.8 Å². The Hall–Kier alpha value is -3.67. The Morgan fingerprint density at radius 2 is 1.26 bits per heavy atom. The third kappa shape index (κ3) is 5.28. The normalized spacial score (nSPS) is 14.8. The molecule has 1 aliphatic heterocycles. The first-order chi connectivity index (χ1) is 16.6. The number of benzene rings is 3. The minimum absolute atomic E-state index is 0.121. The number of phenolic OH excluding ortho intramolecular Hbond substituents is 2. The summed E-state index contributed by atoms with van der Waals surface area (Å²) in [5, 5.41) is 19.4. The van der Waals surface area contributed by atoms with Crippen molar-refractivity contribution >= 4 is 0 Å². The van der Waals surface area contributed by atoms with Crippen molar-refractivity contribution in [1.29, 1.82) is 0 Å². The quantitative estimate of drug-likeness (QED) is 0.397. The van der Waals surface area contributed by atoms with Crippen LogP contribution in [-0.2, 0) is 13.1 Å². The summed E-state index contributed by atoms with van der Waals surface area (Å²) >= 11 is 0. The summed E-state index contributed by atoms with van der Waals surface area (Å²) in [6, 6.07) is 28.3. The number of nitrogens with zero attached hydrogens (tertiary/aromatic N) is 3. The number of hydrogen-bond donors (Lipinski definition) is 2. The van der Waals surface area contributed by atoms with Crippen LogP contribution in [0.25, 0.3) is 22.4 Å². The van der Waals surface area contributed by atoms with E-state index in [1.54, 1.807) is 12.1 Å². The van der Waals surface area contributed by atoms with Gasteiger partial charge in [-0.15, -0.1) is 0 Å². The van der Waals surface area contributed by atoms with Gasteiger partial charge in [-0.25, -0.2) is 0 Å². The zero-order valence-corrected chi connectivity index (χ0v) is 19.1. The minimum Gasteiger partial charge on any atom is -0.504 e. The van der Waals surface area contributed by atoms with E-state index in [-0.39, 0.29) is 11.5 Å². The van der Waals surface area contributed by atoms with E-state index in [1.165, 1.54) is 28.3 Å². The molecule has 0 saturated carbocycles. The van der Waals surface area contributed by atoms with Gasteiger partial charge >= 0.3 is 0 Å². The summed E-state index contributed by atoms with van der Waals surface area (Å²) in [6.45, 7) is 5.97. The molecule has 0 atom stereocenters. The Morgan fingerprint density at radius 3 is 1.97 bits per heavy atom. The zero-order chi connectivity index (χ0) is 23.3. The molecule has 2 N–H and O–H groups in total. The predicted molar refractivity (Wildman–Crippen MR) is 135 cm³/mol. The lowest BCUT2D eigenvalue weighted by atomic mass is 10.0. The first kappa shape index (κ1) is 22.1. The van der Waals surface area contributed by atoms with Gasteiger partial charge in [-0.1, -0.05) is 48.5 Å². The van der Waals surface area contributed by atoms with E-state index < -0.39 is 0 Å². The summed E-state index contributed by atoms with van der Waals surface area (Å²) < 4.78 is 0. The van der Waals surface area contributed by atoms with Gasteiger partial charge in [0.2, 0.25) is 0 Å². The summed E-state index contributed by atoms with van der Waals surface area (Å²) in [5.41, 5.74) is 6.66. The van der Waals surface area contributed by atoms with Crippen LogP contribution in [0.3, 0.4) is 0 Å². The van der Waals surface area contributed by atoms with Crippen LogP contribution in [-0.4, -0.2) is 51.2 Å². The lowest BCUT2D eigenvalue weighted by Gasteiger charge is -2.34. The molecule has 0 bridgehead atoms. The molecule has 2 heterocycles. The Labute approximate surface area is 200 Å². The maximum absolute atomic E-state index is 9.80. The lowest BCUT2D eigenvalue weighted by Crippen LogP contribution is -2.45. The van der Waals surface area contributed by atoms with E-state index in [4.69, 9.17) is 0 Å². The molecule has 5 nitrogen and oxygen atoms in total. The van der Waals surface area contributed by atoms with E-state index in [2.05, 4.69) is 75.4 Å². The van der Waals surface area contributed by atoms with Crippen molar-refractivity contribution < 1.29 is 10.2 Å². The molecule has 0 amide bonds. The fourth-order valence-electron chi connectivity index (χ4n) is 4.52. The number of phenols is 2. The molecule has 0 spiro atoms. The zero-order valence-electron chi connectivity index (χ0n) is 19.1. The van der Waals surface area contributed by atoms with Gasteiger partial charge < -0.3 is 10.2 Å². The maximum atomic E-state index is 9.80. The number of aromatic hydroxyl groups is 2. The predicted octanol–water partition coefficient (Wildman–Crippen LogP) is 5.14. The van der Waals surface area contributed by atoms with Crippen molar-refractivity contribution in [3.05, 3.63) is 102 Å². The van der Waals surface area contributed by atoms with E-state index in [0.717, 1.165) is 50.5 Å². The molecule has 0 aliphatic carbocycles. The molecule has 172 valence electrons. The average Bonchev–Trinajstić information content (AvgIpc) is 2.88. The second-order valence-electron chi connectivity index (χ2n) is 8.87. The largest absolute Gasteiger partial charge is 0.504 e. The molecular weight excluding hydrogens is 422 g/mol. The van der Waals surface area contributed by atoms with Crippen LogP contribution >= 0.6 is 0 Å². The Balaban J connectivity index is 1.18. The molecule has 1 fully saturated rings. The first-order valence-corrected chi connectivity index (χ1v) is 11.7. The molecule has 4 aromatic rings. The fourth-order valence-corrected chi connectivity index (χ4v) is 4.52. The van der Waals surface area contributed by atoms with Crippen LogP contribution in [0.5, 0.6) is 11.5 Å². The van der Waals surface area contributed by atoms with Gasteiger partial charge in [0.1, 0.15) is 0 Å². The van der Waals surface area contributed by atoms with Gasteiger partial charge in [0.25, 0.3) is 0 Å². The van der Waals surface area contributed by atoms with Crippen LogP contribution < -0.4 is 0 Å². The number of aromatic nitrogens is 1. The summed E-state index contributed by atoms with van der Waals surface area (Å²) in [7, 11) is 0. The van der Waals surface area contributed by atoms with E-state index in [1.807, 2.05) is 12.3 Å². The molecule has 1 aliphatic rings. The molecular formula is C29H29N3O2. The van der Waals surface area contributed by atoms with Crippen LogP contribution in [0, 0.1) is 0 Å². The monoisotopic (exact) mass is 451 g/mol. The second kappa shape index (κ2) is 10.1. The molecule has 34 heavy (non-hydrogen) atoms. The molecule has 1 saturated heterocycles. The van der Waals surface area contributed by atoms with Crippen LogP contribution in [0.2, 0.25) is 0 Å². The summed E-state index contributed by atoms with van der Waals surface area (Å²) in [6.07, 6.45) is 1.81. The minimum atomic E-state index is -0.130. The lowest BCUT2D eigenvalue weighted by molar-refractivity contribution is 0.122. The molecule has 0 radical (unpaired) electrons. The fraction of sp³-hybridized carbons (Fsp3) is 0.207. The summed E-state index contributed by atoms with van der Waals surface area (Å²) in [5.74, 6) is -0.250. The van der Waals surface area contributed by atoms with Gasteiger partial charge in [-0.2, -0.15) is 0 Å². The van der Waals surface area contributed by atoms with Crippen molar-refractivity contribution in [3.63, 3.8) is 0 Å². The highest BCUT2D eigenvalue weighted by molar-refractivity contribution is 5.64. The number of rotatable bonds is 6. The molecule has 0 unspecified atom stereocenters. The highest BCUT2D eigenvalue weighted by Gasteiger charge is 2.18. The van der Waals surface area contributed by atoms with E-state index >= 15 is 0 Å². The van der Waals surface area contributed by atoms with Crippen molar-refractivity contribution in [3.8, 4) is 33.9 Å². The van der Waals surface area contributed by atoms with Crippen molar-refractivity contribution in [2.45, 2.75) is 13.1 Å². The highest BCUT2D eigenvalue weighted by Crippen LogP contribution is 2.30. The molecule has 5 rings (SSSR count). The topological polar surface area (TPSA) is 59.8 Å². The van der Waals surface area contributed by atoms with E-state index in [9.17, 15) is 10.2 Å². The second-order valence-corrected chi connectivity index (χ2v) is 8.87. The van der Waals surface area contributed by atoms with Gasteiger partial charge in [-0.05, 0) is 58.7 Å². The molecule has 5 heteroatoms. The first-order valence-electron chi connectivity index (χ1n) is 11.7. The molecule has 3 aromatic carbocycles. The summed E-state index contributed by atoms with van der Waals surface area (Å²) in [4.78, 5) is 9.44. The SMILES string of the molecule is Oc1ccc(-c2cc(CN3CCN(Cc4cccc(-c5ccccc5)c4)CC3)ccn2)cc1O. The van der Waals surface area contributed by atoms with Crippen LogP contribution in [0.1, 0.15) is 11.1 Å². The van der Waals surface area contributed by atoms with Crippen molar-refractivity contribution in [2.24, 2.45) is 0 Å². The van der Waals surface area contributed by atoms with Gasteiger partial charge in [0.05, 0.1) is 5.69 Å². The Morgan fingerprint density at radius 1 is 0.588 bits per heavy atom. The molecule has 1 aromatic heterocycles. The van der Waals surface area contributed by atoms with Crippen molar-refractivity contribution in [1.82, 2.24) is 14.8 Å². The number of piperazine rings is 1. The average molecular weight is 452 g/mol. The van der Waals surface area contributed by atoms with E-state index in [0.29, 0.717) is 0 Å². The third-order valence-corrected chi connectivity index (χ3v) is 6.41. The highest BCUT2D eigenvalue weighted by atomic mass is 16.3. The van der Waals surface area contributed by atoms with Crippen molar-refractivity contribution in [2.75, 3.05) is 26.2 Å². The number of pyridine rings is 1. The maximum Gasteiger partial charge on any atom is 0.158 e.